The van der Waals surface area contributed by atoms with Crippen molar-refractivity contribution in [3.63, 3.8) is 0 Å². The molecule has 0 unspecified atom stereocenters. The minimum Gasteiger partial charge on any atom is -0.310 e. The van der Waals surface area contributed by atoms with Crippen LogP contribution in [0.2, 0.25) is 0 Å². The Hall–Kier alpha value is -3.31. The predicted octanol–water partition coefficient (Wildman–Crippen LogP) is 7.48. The first-order valence-electron chi connectivity index (χ1n) is 12.5. The third-order valence-electron chi connectivity index (χ3n) is 7.64. The Labute approximate surface area is 211 Å². The van der Waals surface area contributed by atoms with Crippen LogP contribution in [0.15, 0.2) is 60.8 Å². The highest BCUT2D eigenvalue weighted by atomic mass is 32.1. The maximum absolute atomic E-state index is 14.1. The van der Waals surface area contributed by atoms with Crippen molar-refractivity contribution < 1.29 is 4.79 Å². The molecule has 178 valence electrons. The zero-order chi connectivity index (χ0) is 24.1. The first kappa shape index (κ1) is 22.2. The number of benzene rings is 2. The Morgan fingerprint density at radius 1 is 0.971 bits per heavy atom. The van der Waals surface area contributed by atoms with Crippen LogP contribution in [0, 0.1) is 20.8 Å². The van der Waals surface area contributed by atoms with Gasteiger partial charge in [-0.15, -0.1) is 11.3 Å². The SMILES string of the molecule is Cc1cccc([C@@H]2c3cccn3-c3sc4c(c3CN2C(=O)Nc2cccc(C)c2C)CCCC4)c1. The molecule has 1 N–H and O–H groups in total. The number of aryl methyl sites for hydroxylation is 3. The molecule has 2 aromatic heterocycles. The number of hydrogen-bond donors (Lipinski definition) is 1. The van der Waals surface area contributed by atoms with Crippen molar-refractivity contribution in [2.75, 3.05) is 5.32 Å². The highest BCUT2D eigenvalue weighted by Gasteiger charge is 2.36. The van der Waals surface area contributed by atoms with Gasteiger partial charge in [-0.1, -0.05) is 42.0 Å². The fourth-order valence-electron chi connectivity index (χ4n) is 5.65. The number of carbonyl (C=O) groups excluding carboxylic acids is 1. The number of carbonyl (C=O) groups is 1. The number of hydrogen-bond acceptors (Lipinski definition) is 2. The average Bonchev–Trinajstić information content (AvgIpc) is 3.44. The molecular weight excluding hydrogens is 450 g/mol. The van der Waals surface area contributed by atoms with Gasteiger partial charge in [0, 0.05) is 22.3 Å². The molecule has 6 rings (SSSR count). The van der Waals surface area contributed by atoms with Gasteiger partial charge >= 0.3 is 6.03 Å². The number of fused-ring (bicyclic) bond motifs is 5. The van der Waals surface area contributed by atoms with Crippen molar-refractivity contribution in [1.82, 2.24) is 9.47 Å². The van der Waals surface area contributed by atoms with Gasteiger partial charge in [0.1, 0.15) is 5.00 Å². The van der Waals surface area contributed by atoms with E-state index in [1.165, 1.54) is 45.0 Å². The minimum atomic E-state index is -0.172. The summed E-state index contributed by atoms with van der Waals surface area (Å²) in [6, 6.07) is 18.8. The van der Waals surface area contributed by atoms with Crippen molar-refractivity contribution in [2.45, 2.75) is 59.0 Å². The Balaban J connectivity index is 1.51. The van der Waals surface area contributed by atoms with Gasteiger partial charge in [0.2, 0.25) is 0 Å². The van der Waals surface area contributed by atoms with Crippen molar-refractivity contribution in [3.8, 4) is 5.00 Å². The molecule has 4 nitrogen and oxygen atoms in total. The van der Waals surface area contributed by atoms with Gasteiger partial charge in [-0.05, 0) is 86.9 Å². The van der Waals surface area contributed by atoms with E-state index >= 15 is 0 Å². The lowest BCUT2D eigenvalue weighted by Crippen LogP contribution is -2.38. The van der Waals surface area contributed by atoms with Crippen LogP contribution in [-0.2, 0) is 19.4 Å². The molecule has 35 heavy (non-hydrogen) atoms. The summed E-state index contributed by atoms with van der Waals surface area (Å²) < 4.78 is 2.34. The molecule has 0 bridgehead atoms. The monoisotopic (exact) mass is 481 g/mol. The van der Waals surface area contributed by atoms with Crippen molar-refractivity contribution in [3.05, 3.63) is 105 Å². The number of nitrogens with zero attached hydrogens (tertiary/aromatic N) is 2. The van der Waals surface area contributed by atoms with Crippen molar-refractivity contribution in [2.24, 2.45) is 0 Å². The number of amides is 2. The third kappa shape index (κ3) is 3.79. The highest BCUT2D eigenvalue weighted by molar-refractivity contribution is 7.15. The molecule has 4 aromatic rings. The summed E-state index contributed by atoms with van der Waals surface area (Å²) in [6.07, 6.45) is 6.92. The highest BCUT2D eigenvalue weighted by Crippen LogP contribution is 2.44. The van der Waals surface area contributed by atoms with Crippen LogP contribution >= 0.6 is 11.3 Å². The van der Waals surface area contributed by atoms with E-state index in [-0.39, 0.29) is 12.1 Å². The summed E-state index contributed by atoms with van der Waals surface area (Å²) in [5.74, 6) is 0. The van der Waals surface area contributed by atoms with E-state index in [0.717, 1.165) is 35.3 Å². The van der Waals surface area contributed by atoms with Crippen molar-refractivity contribution >= 4 is 23.1 Å². The molecule has 2 aromatic carbocycles. The first-order valence-corrected chi connectivity index (χ1v) is 13.3. The summed E-state index contributed by atoms with van der Waals surface area (Å²) in [5, 5.41) is 4.56. The lowest BCUT2D eigenvalue weighted by Gasteiger charge is -2.32. The van der Waals surface area contributed by atoms with Crippen LogP contribution in [0.3, 0.4) is 0 Å². The quantitative estimate of drug-likeness (QED) is 0.317. The van der Waals surface area contributed by atoms with Crippen LogP contribution in [0.4, 0.5) is 10.5 Å². The summed E-state index contributed by atoms with van der Waals surface area (Å²) in [7, 11) is 0. The third-order valence-corrected chi connectivity index (χ3v) is 8.98. The van der Waals surface area contributed by atoms with E-state index in [1.807, 2.05) is 23.5 Å². The van der Waals surface area contributed by atoms with E-state index in [4.69, 9.17) is 0 Å². The molecular formula is C30H31N3OS. The summed E-state index contributed by atoms with van der Waals surface area (Å²) >= 11 is 1.93. The summed E-state index contributed by atoms with van der Waals surface area (Å²) in [5.41, 5.74) is 9.46. The Morgan fingerprint density at radius 2 is 1.80 bits per heavy atom. The standard InChI is InChI=1S/C30H31N3OS/c1-19-9-6-11-22(17-19)28-26-14-8-16-32(26)29-24(23-12-4-5-15-27(23)35-29)18-33(28)30(34)31-25-13-7-10-20(2)21(25)3/h6-11,13-14,16-17,28H,4-5,12,15,18H2,1-3H3,(H,31,34)/t28-/m1/s1. The number of rotatable bonds is 2. The van der Waals surface area contributed by atoms with Crippen molar-refractivity contribution in [1.29, 1.82) is 0 Å². The molecule has 2 aliphatic rings. The zero-order valence-electron chi connectivity index (χ0n) is 20.6. The summed E-state index contributed by atoms with van der Waals surface area (Å²) in [4.78, 5) is 17.6. The first-order chi connectivity index (χ1) is 17.0. The fraction of sp³-hybridized carbons (Fsp3) is 0.300. The fourth-order valence-corrected chi connectivity index (χ4v) is 7.05. The smallest absolute Gasteiger partial charge is 0.310 e. The maximum Gasteiger partial charge on any atom is 0.322 e. The minimum absolute atomic E-state index is 0.0541. The van der Waals surface area contributed by atoms with E-state index in [0.29, 0.717) is 6.54 Å². The normalized spacial score (nSPS) is 16.8. The van der Waals surface area contributed by atoms with Crippen LogP contribution in [-0.4, -0.2) is 15.5 Å². The van der Waals surface area contributed by atoms with Crippen LogP contribution in [0.5, 0.6) is 0 Å². The van der Waals surface area contributed by atoms with E-state index < -0.39 is 0 Å². The van der Waals surface area contributed by atoms with E-state index in [9.17, 15) is 4.79 Å². The zero-order valence-corrected chi connectivity index (χ0v) is 21.4. The number of thiophene rings is 1. The molecule has 0 fully saturated rings. The molecule has 1 aliphatic heterocycles. The van der Waals surface area contributed by atoms with Gasteiger partial charge < -0.3 is 14.8 Å². The average molecular weight is 482 g/mol. The molecule has 5 heteroatoms. The molecule has 0 radical (unpaired) electrons. The number of anilines is 1. The number of aromatic nitrogens is 1. The lowest BCUT2D eigenvalue weighted by atomic mass is 9.95. The van der Waals surface area contributed by atoms with Gasteiger partial charge in [0.25, 0.3) is 0 Å². The van der Waals surface area contributed by atoms with Crippen LogP contribution in [0.1, 0.15) is 62.8 Å². The summed E-state index contributed by atoms with van der Waals surface area (Å²) in [6.45, 7) is 6.89. The Morgan fingerprint density at radius 3 is 2.66 bits per heavy atom. The second-order valence-corrected chi connectivity index (χ2v) is 11.0. The molecule has 1 atom stereocenters. The number of nitrogens with one attached hydrogen (secondary N) is 1. The van der Waals surface area contributed by atoms with Gasteiger partial charge in [-0.3, -0.25) is 0 Å². The molecule has 0 saturated carbocycles. The molecule has 0 saturated heterocycles. The topological polar surface area (TPSA) is 37.3 Å². The Bertz CT molecular complexity index is 1430. The maximum atomic E-state index is 14.1. The Kier molecular flexibility index (Phi) is 5.53. The molecule has 0 spiro atoms. The van der Waals surface area contributed by atoms with E-state index in [1.54, 1.807) is 0 Å². The van der Waals surface area contributed by atoms with Crippen LogP contribution in [0.25, 0.3) is 5.00 Å². The molecule has 2 amide bonds. The largest absolute Gasteiger partial charge is 0.322 e. The molecule has 1 aliphatic carbocycles. The predicted molar refractivity (Wildman–Crippen MR) is 144 cm³/mol. The van der Waals surface area contributed by atoms with Crippen LogP contribution < -0.4 is 5.32 Å². The van der Waals surface area contributed by atoms with Gasteiger partial charge in [-0.2, -0.15) is 0 Å². The van der Waals surface area contributed by atoms with E-state index in [2.05, 4.69) is 84.2 Å². The lowest BCUT2D eigenvalue weighted by molar-refractivity contribution is 0.194. The molecule has 3 heterocycles. The second kappa shape index (κ2) is 8.72. The van der Waals surface area contributed by atoms with Gasteiger partial charge in [-0.25, -0.2) is 4.79 Å². The van der Waals surface area contributed by atoms with Gasteiger partial charge in [0.15, 0.2) is 0 Å². The van der Waals surface area contributed by atoms with Gasteiger partial charge in [0.05, 0.1) is 18.3 Å². The number of urea groups is 1. The second-order valence-electron chi connectivity index (χ2n) is 9.92.